The Kier molecular flexibility index (Phi) is 5.25. The van der Waals surface area contributed by atoms with Crippen molar-refractivity contribution in [3.63, 3.8) is 0 Å². The highest BCUT2D eigenvalue weighted by atomic mass is 35.5. The summed E-state index contributed by atoms with van der Waals surface area (Å²) in [7, 11) is 0. The number of benzene rings is 1. The van der Waals surface area contributed by atoms with Gasteiger partial charge in [-0.2, -0.15) is 0 Å². The summed E-state index contributed by atoms with van der Waals surface area (Å²) in [6.45, 7) is 5.44. The standard InChI is InChI=1S/C18H19Cl2FN2O2/c1-11(2)5-8-25-15-9-12(14(21)10-13(15)19)16-17(20)22-6-3-4-7-23(22)18(16)24/h5,9-10H,3-4,6-8H2,1-2H3. The Morgan fingerprint density at radius 1 is 1.24 bits per heavy atom. The van der Waals surface area contributed by atoms with E-state index in [1.165, 1.54) is 6.07 Å². The third-order valence-electron chi connectivity index (χ3n) is 4.18. The SMILES string of the molecule is CC(C)=CCOc1cc(-c2c(Cl)n3n(c2=O)CCCC3)c(F)cc1Cl. The molecule has 1 aliphatic heterocycles. The molecular weight excluding hydrogens is 366 g/mol. The van der Waals surface area contributed by atoms with Crippen molar-refractivity contribution >= 4 is 23.2 Å². The van der Waals surface area contributed by atoms with Crippen LogP contribution in [0.25, 0.3) is 11.1 Å². The maximum atomic E-state index is 14.5. The third kappa shape index (κ3) is 3.48. The van der Waals surface area contributed by atoms with Crippen LogP contribution in [0.5, 0.6) is 5.75 Å². The molecule has 0 aliphatic carbocycles. The van der Waals surface area contributed by atoms with Gasteiger partial charge in [0.1, 0.15) is 23.3 Å². The first-order valence-corrected chi connectivity index (χ1v) is 8.90. The van der Waals surface area contributed by atoms with Crippen LogP contribution in [0.4, 0.5) is 4.39 Å². The molecule has 0 fully saturated rings. The zero-order valence-electron chi connectivity index (χ0n) is 14.1. The van der Waals surface area contributed by atoms with Gasteiger partial charge in [0.2, 0.25) is 0 Å². The van der Waals surface area contributed by atoms with Crippen LogP contribution in [-0.4, -0.2) is 16.0 Å². The molecule has 2 aromatic rings. The van der Waals surface area contributed by atoms with E-state index in [0.29, 0.717) is 25.4 Å². The number of hydrogen-bond donors (Lipinski definition) is 0. The normalized spacial score (nSPS) is 13.5. The fraction of sp³-hybridized carbons (Fsp3) is 0.389. The van der Waals surface area contributed by atoms with Crippen LogP contribution in [0, 0.1) is 5.82 Å². The minimum Gasteiger partial charge on any atom is -0.488 e. The van der Waals surface area contributed by atoms with E-state index >= 15 is 0 Å². The van der Waals surface area contributed by atoms with Crippen molar-refractivity contribution in [1.29, 1.82) is 0 Å². The van der Waals surface area contributed by atoms with Crippen LogP contribution in [-0.2, 0) is 13.1 Å². The Balaban J connectivity index is 2.07. The molecule has 1 aromatic heterocycles. The molecule has 0 radical (unpaired) electrons. The third-order valence-corrected chi connectivity index (χ3v) is 4.86. The Hall–Kier alpha value is -1.72. The number of nitrogens with zero attached hydrogens (tertiary/aromatic N) is 2. The quantitative estimate of drug-likeness (QED) is 0.702. The summed E-state index contributed by atoms with van der Waals surface area (Å²) < 4.78 is 23.4. The lowest BCUT2D eigenvalue weighted by atomic mass is 10.1. The maximum Gasteiger partial charge on any atom is 0.276 e. The number of allylic oxidation sites excluding steroid dienone is 1. The molecule has 4 nitrogen and oxygen atoms in total. The minimum absolute atomic E-state index is 0.112. The average molecular weight is 385 g/mol. The van der Waals surface area contributed by atoms with E-state index in [1.807, 2.05) is 19.9 Å². The monoisotopic (exact) mass is 384 g/mol. The van der Waals surface area contributed by atoms with E-state index in [9.17, 15) is 9.18 Å². The zero-order valence-corrected chi connectivity index (χ0v) is 15.6. The van der Waals surface area contributed by atoms with Crippen molar-refractivity contribution in [3.05, 3.63) is 50.1 Å². The van der Waals surface area contributed by atoms with Crippen molar-refractivity contribution in [2.24, 2.45) is 0 Å². The lowest BCUT2D eigenvalue weighted by Gasteiger charge is -2.17. The topological polar surface area (TPSA) is 36.2 Å². The Morgan fingerprint density at radius 2 is 1.92 bits per heavy atom. The predicted octanol–water partition coefficient (Wildman–Crippen LogP) is 4.90. The summed E-state index contributed by atoms with van der Waals surface area (Å²) in [6.07, 6.45) is 3.73. The number of fused-ring (bicyclic) bond motifs is 1. The Labute approximate surface area is 155 Å². The van der Waals surface area contributed by atoms with Gasteiger partial charge in [0.05, 0.1) is 10.6 Å². The number of ether oxygens (including phenoxy) is 1. The predicted molar refractivity (Wildman–Crippen MR) is 98.3 cm³/mol. The molecule has 0 atom stereocenters. The van der Waals surface area contributed by atoms with Gasteiger partial charge >= 0.3 is 0 Å². The van der Waals surface area contributed by atoms with Crippen molar-refractivity contribution in [2.75, 3.05) is 6.61 Å². The smallest absolute Gasteiger partial charge is 0.276 e. The molecule has 25 heavy (non-hydrogen) atoms. The van der Waals surface area contributed by atoms with Gasteiger partial charge in [-0.3, -0.25) is 9.48 Å². The lowest BCUT2D eigenvalue weighted by molar-refractivity contribution is 0.356. The first kappa shape index (κ1) is 18.1. The van der Waals surface area contributed by atoms with Crippen molar-refractivity contribution < 1.29 is 9.13 Å². The molecule has 134 valence electrons. The van der Waals surface area contributed by atoms with Gasteiger partial charge in [-0.1, -0.05) is 28.8 Å². The molecule has 0 amide bonds. The molecule has 1 aliphatic rings. The van der Waals surface area contributed by atoms with Crippen LogP contribution in [0.1, 0.15) is 26.7 Å². The van der Waals surface area contributed by atoms with Crippen LogP contribution in [0.2, 0.25) is 10.2 Å². The summed E-state index contributed by atoms with van der Waals surface area (Å²) in [5.41, 5.74) is 1.08. The molecule has 0 unspecified atom stereocenters. The molecule has 0 saturated carbocycles. The second-order valence-corrected chi connectivity index (χ2v) is 7.04. The zero-order chi connectivity index (χ0) is 18.1. The number of rotatable bonds is 4. The van der Waals surface area contributed by atoms with Crippen LogP contribution < -0.4 is 10.3 Å². The average Bonchev–Trinajstić information content (AvgIpc) is 2.81. The van der Waals surface area contributed by atoms with Gasteiger partial charge in [0.15, 0.2) is 0 Å². The number of hydrogen-bond acceptors (Lipinski definition) is 2. The highest BCUT2D eigenvalue weighted by Crippen LogP contribution is 2.35. The number of aromatic nitrogens is 2. The van der Waals surface area contributed by atoms with Crippen LogP contribution >= 0.6 is 23.2 Å². The first-order chi connectivity index (χ1) is 11.9. The Bertz CT molecular complexity index is 895. The molecule has 0 spiro atoms. The second-order valence-electron chi connectivity index (χ2n) is 6.28. The van der Waals surface area contributed by atoms with E-state index in [4.69, 9.17) is 27.9 Å². The van der Waals surface area contributed by atoms with Crippen LogP contribution in [0.15, 0.2) is 28.6 Å². The molecule has 2 heterocycles. The lowest BCUT2D eigenvalue weighted by Crippen LogP contribution is -2.27. The van der Waals surface area contributed by atoms with Gasteiger partial charge in [0, 0.05) is 18.7 Å². The highest BCUT2D eigenvalue weighted by molar-refractivity contribution is 6.33. The second kappa shape index (κ2) is 7.26. The Morgan fingerprint density at radius 3 is 2.56 bits per heavy atom. The van der Waals surface area contributed by atoms with Gasteiger partial charge in [-0.25, -0.2) is 9.07 Å². The largest absolute Gasteiger partial charge is 0.488 e. The van der Waals surface area contributed by atoms with Gasteiger partial charge < -0.3 is 4.74 Å². The van der Waals surface area contributed by atoms with Gasteiger partial charge in [0.25, 0.3) is 5.56 Å². The summed E-state index contributed by atoms with van der Waals surface area (Å²) in [5.74, 6) is -0.276. The first-order valence-electron chi connectivity index (χ1n) is 8.15. The van der Waals surface area contributed by atoms with E-state index in [-0.39, 0.29) is 26.9 Å². The molecule has 1 aromatic carbocycles. The van der Waals surface area contributed by atoms with Crippen LogP contribution in [0.3, 0.4) is 0 Å². The summed E-state index contributed by atoms with van der Waals surface area (Å²) in [5, 5.41) is 0.407. The highest BCUT2D eigenvalue weighted by Gasteiger charge is 2.25. The van der Waals surface area contributed by atoms with E-state index in [2.05, 4.69) is 0 Å². The van der Waals surface area contributed by atoms with Crippen molar-refractivity contribution in [3.8, 4) is 16.9 Å². The fourth-order valence-electron chi connectivity index (χ4n) is 2.88. The minimum atomic E-state index is -0.595. The van der Waals surface area contributed by atoms with E-state index in [1.54, 1.807) is 9.36 Å². The fourth-order valence-corrected chi connectivity index (χ4v) is 3.45. The van der Waals surface area contributed by atoms with E-state index < -0.39 is 5.82 Å². The molecule has 0 saturated heterocycles. The molecule has 0 N–H and O–H groups in total. The summed E-state index contributed by atoms with van der Waals surface area (Å²) >= 11 is 12.5. The summed E-state index contributed by atoms with van der Waals surface area (Å²) in [4.78, 5) is 12.7. The van der Waals surface area contributed by atoms with Gasteiger partial charge in [-0.15, -0.1) is 0 Å². The maximum absolute atomic E-state index is 14.5. The van der Waals surface area contributed by atoms with E-state index in [0.717, 1.165) is 24.5 Å². The molecule has 3 rings (SSSR count). The molecule has 7 heteroatoms. The molecule has 0 bridgehead atoms. The number of halogens is 3. The van der Waals surface area contributed by atoms with Gasteiger partial charge in [-0.05, 0) is 44.9 Å². The van der Waals surface area contributed by atoms with Crippen molar-refractivity contribution in [2.45, 2.75) is 39.8 Å². The summed E-state index contributed by atoms with van der Waals surface area (Å²) in [6, 6.07) is 2.61. The molecular formula is C18H19Cl2FN2O2. The van der Waals surface area contributed by atoms with Crippen molar-refractivity contribution in [1.82, 2.24) is 9.36 Å².